The van der Waals surface area contributed by atoms with Crippen molar-refractivity contribution in [3.05, 3.63) is 57.6 Å². The fourth-order valence-corrected chi connectivity index (χ4v) is 3.28. The highest BCUT2D eigenvalue weighted by molar-refractivity contribution is 5.86. The average molecular weight is 425 g/mol. The second-order valence-corrected chi connectivity index (χ2v) is 8.58. The maximum atomic E-state index is 10.8. The molecule has 6 heteroatoms. The van der Waals surface area contributed by atoms with Gasteiger partial charge in [0.25, 0.3) is 0 Å². The molecule has 0 aliphatic heterocycles. The molecule has 0 aliphatic carbocycles. The third kappa shape index (κ3) is 7.81. The van der Waals surface area contributed by atoms with E-state index >= 15 is 0 Å². The number of phenols is 2. The van der Waals surface area contributed by atoms with E-state index in [0.717, 1.165) is 35.3 Å². The zero-order chi connectivity index (χ0) is 23.0. The van der Waals surface area contributed by atoms with Crippen LogP contribution in [0.15, 0.2) is 34.3 Å². The SMILES string of the molecule is Cc1cc(C=NCCN(C)C)c(O)c(Cc2cc(C)cc(C=NCCN(C)C)c2O)c1. The molecule has 0 saturated carbocycles. The molecular formula is C25H36N4O2. The predicted molar refractivity (Wildman–Crippen MR) is 131 cm³/mol. The molecule has 2 N–H and O–H groups in total. The van der Waals surface area contributed by atoms with E-state index in [1.807, 2.05) is 66.3 Å². The smallest absolute Gasteiger partial charge is 0.127 e. The van der Waals surface area contributed by atoms with Crippen molar-refractivity contribution in [3.63, 3.8) is 0 Å². The molecule has 31 heavy (non-hydrogen) atoms. The van der Waals surface area contributed by atoms with E-state index in [0.29, 0.717) is 30.6 Å². The maximum Gasteiger partial charge on any atom is 0.127 e. The molecule has 2 rings (SSSR count). The van der Waals surface area contributed by atoms with Gasteiger partial charge in [-0.05, 0) is 76.4 Å². The summed E-state index contributed by atoms with van der Waals surface area (Å²) in [5, 5.41) is 21.6. The molecule has 0 fully saturated rings. The molecule has 0 aromatic heterocycles. The summed E-state index contributed by atoms with van der Waals surface area (Å²) in [6.07, 6.45) is 3.89. The molecule has 0 unspecified atom stereocenters. The van der Waals surface area contributed by atoms with Crippen LogP contribution in [-0.4, -0.2) is 86.8 Å². The molecule has 0 spiro atoms. The van der Waals surface area contributed by atoms with E-state index in [1.165, 1.54) is 0 Å². The Kier molecular flexibility index (Phi) is 9.21. The van der Waals surface area contributed by atoms with Gasteiger partial charge in [0, 0.05) is 43.1 Å². The van der Waals surface area contributed by atoms with Crippen molar-refractivity contribution in [2.45, 2.75) is 20.3 Å². The molecule has 0 radical (unpaired) electrons. The first-order chi connectivity index (χ1) is 14.7. The summed E-state index contributed by atoms with van der Waals surface area (Å²) in [4.78, 5) is 13.0. The number of aryl methyl sites for hydroxylation is 2. The van der Waals surface area contributed by atoms with Crippen molar-refractivity contribution in [2.24, 2.45) is 9.98 Å². The zero-order valence-electron chi connectivity index (χ0n) is 19.7. The Balaban J connectivity index is 2.27. The van der Waals surface area contributed by atoms with Crippen LogP contribution in [0.25, 0.3) is 0 Å². The van der Waals surface area contributed by atoms with Crippen LogP contribution in [-0.2, 0) is 6.42 Å². The summed E-state index contributed by atoms with van der Waals surface area (Å²) in [7, 11) is 8.03. The summed E-state index contributed by atoms with van der Waals surface area (Å²) >= 11 is 0. The molecule has 2 aromatic carbocycles. The molecule has 0 bridgehead atoms. The third-order valence-electron chi connectivity index (χ3n) is 4.92. The summed E-state index contributed by atoms with van der Waals surface area (Å²) in [6.45, 7) is 7.05. The minimum absolute atomic E-state index is 0.210. The van der Waals surface area contributed by atoms with E-state index in [2.05, 4.69) is 19.8 Å². The van der Waals surface area contributed by atoms with E-state index < -0.39 is 0 Å². The van der Waals surface area contributed by atoms with Gasteiger partial charge in [-0.1, -0.05) is 12.1 Å². The standard InChI is InChI=1S/C25H36N4O2/c1-18-11-20(24(30)22(13-18)16-26-7-9-28(3)4)15-21-12-19(2)14-23(25(21)31)17-27-8-10-29(5)6/h11-14,16-17,30-31H,7-10,15H2,1-6H3. The van der Waals surface area contributed by atoms with Crippen molar-refractivity contribution in [2.75, 3.05) is 54.4 Å². The lowest BCUT2D eigenvalue weighted by Gasteiger charge is -2.13. The lowest BCUT2D eigenvalue weighted by atomic mass is 9.96. The van der Waals surface area contributed by atoms with Crippen LogP contribution >= 0.6 is 0 Å². The highest BCUT2D eigenvalue weighted by Crippen LogP contribution is 2.31. The van der Waals surface area contributed by atoms with E-state index in [-0.39, 0.29) is 11.5 Å². The lowest BCUT2D eigenvalue weighted by molar-refractivity contribution is 0.420. The summed E-state index contributed by atoms with van der Waals surface area (Å²) in [5.74, 6) is 0.419. The molecule has 0 heterocycles. The number of benzene rings is 2. The van der Waals surface area contributed by atoms with Crippen molar-refractivity contribution in [1.82, 2.24) is 9.80 Å². The lowest BCUT2D eigenvalue weighted by Crippen LogP contribution is -2.15. The Labute approximate surface area is 186 Å². The van der Waals surface area contributed by atoms with Gasteiger partial charge < -0.3 is 20.0 Å². The second-order valence-electron chi connectivity index (χ2n) is 8.58. The fraction of sp³-hybridized carbons (Fsp3) is 0.440. The molecule has 6 nitrogen and oxygen atoms in total. The summed E-state index contributed by atoms with van der Waals surface area (Å²) in [6, 6.07) is 7.77. The van der Waals surface area contributed by atoms with Gasteiger partial charge in [-0.15, -0.1) is 0 Å². The average Bonchev–Trinajstić information content (AvgIpc) is 2.68. The number of likely N-dealkylation sites (N-methyl/N-ethyl adjacent to an activating group) is 2. The van der Waals surface area contributed by atoms with Gasteiger partial charge in [0.05, 0.1) is 13.1 Å². The van der Waals surface area contributed by atoms with Gasteiger partial charge in [0.15, 0.2) is 0 Å². The van der Waals surface area contributed by atoms with Crippen LogP contribution in [0.4, 0.5) is 0 Å². The number of phenolic OH excluding ortho intramolecular Hbond substituents is 2. The van der Waals surface area contributed by atoms with Crippen molar-refractivity contribution in [3.8, 4) is 11.5 Å². The van der Waals surface area contributed by atoms with Crippen LogP contribution < -0.4 is 0 Å². The normalized spacial score (nSPS) is 12.1. The molecule has 0 atom stereocenters. The first kappa shape index (κ1) is 24.6. The number of hydrogen-bond acceptors (Lipinski definition) is 6. The van der Waals surface area contributed by atoms with Crippen molar-refractivity contribution in [1.29, 1.82) is 0 Å². The Hall–Kier alpha value is -2.70. The largest absolute Gasteiger partial charge is 0.507 e. The van der Waals surface area contributed by atoms with E-state index in [1.54, 1.807) is 12.4 Å². The van der Waals surface area contributed by atoms with Crippen LogP contribution in [0.2, 0.25) is 0 Å². The first-order valence-electron chi connectivity index (χ1n) is 10.6. The molecular weight excluding hydrogens is 388 g/mol. The monoisotopic (exact) mass is 424 g/mol. The predicted octanol–water partition coefficient (Wildman–Crippen LogP) is 3.27. The van der Waals surface area contributed by atoms with E-state index in [9.17, 15) is 10.2 Å². The zero-order valence-corrected chi connectivity index (χ0v) is 19.7. The van der Waals surface area contributed by atoms with Gasteiger partial charge in [-0.25, -0.2) is 0 Å². The van der Waals surface area contributed by atoms with Crippen LogP contribution in [0.1, 0.15) is 33.4 Å². The van der Waals surface area contributed by atoms with Crippen LogP contribution in [0.3, 0.4) is 0 Å². The Morgan fingerprint density at radius 2 is 1.10 bits per heavy atom. The maximum absolute atomic E-state index is 10.8. The number of aliphatic imine (C=N–C) groups is 2. The molecule has 0 amide bonds. The van der Waals surface area contributed by atoms with Gasteiger partial charge in [-0.2, -0.15) is 0 Å². The minimum Gasteiger partial charge on any atom is -0.507 e. The highest BCUT2D eigenvalue weighted by Gasteiger charge is 2.13. The first-order valence-corrected chi connectivity index (χ1v) is 10.6. The molecule has 2 aromatic rings. The Morgan fingerprint density at radius 1 is 0.710 bits per heavy atom. The molecule has 0 aliphatic rings. The number of aromatic hydroxyl groups is 2. The number of rotatable bonds is 10. The number of hydrogen-bond donors (Lipinski definition) is 2. The third-order valence-corrected chi connectivity index (χ3v) is 4.92. The highest BCUT2D eigenvalue weighted by atomic mass is 16.3. The van der Waals surface area contributed by atoms with Gasteiger partial charge in [0.1, 0.15) is 11.5 Å². The Bertz CT molecular complexity index is 858. The van der Waals surface area contributed by atoms with Gasteiger partial charge in [-0.3, -0.25) is 9.98 Å². The second kappa shape index (κ2) is 11.6. The number of nitrogens with zero attached hydrogens (tertiary/aromatic N) is 4. The molecule has 168 valence electrons. The van der Waals surface area contributed by atoms with E-state index in [4.69, 9.17) is 0 Å². The van der Waals surface area contributed by atoms with Gasteiger partial charge in [0.2, 0.25) is 0 Å². The topological polar surface area (TPSA) is 71.7 Å². The minimum atomic E-state index is 0.210. The molecule has 0 saturated heterocycles. The summed E-state index contributed by atoms with van der Waals surface area (Å²) in [5.41, 5.74) is 5.02. The fourth-order valence-electron chi connectivity index (χ4n) is 3.28. The quantitative estimate of drug-likeness (QED) is 0.574. The van der Waals surface area contributed by atoms with Crippen molar-refractivity contribution >= 4 is 12.4 Å². The van der Waals surface area contributed by atoms with Crippen LogP contribution in [0.5, 0.6) is 11.5 Å². The summed E-state index contributed by atoms with van der Waals surface area (Å²) < 4.78 is 0. The Morgan fingerprint density at radius 3 is 1.45 bits per heavy atom. The van der Waals surface area contributed by atoms with Crippen molar-refractivity contribution < 1.29 is 10.2 Å². The van der Waals surface area contributed by atoms with Gasteiger partial charge >= 0.3 is 0 Å². The van der Waals surface area contributed by atoms with Crippen LogP contribution in [0, 0.1) is 13.8 Å².